The second kappa shape index (κ2) is 13.4. The third kappa shape index (κ3) is 7.69. The zero-order valence-electron chi connectivity index (χ0n) is 21.1. The first-order valence-corrected chi connectivity index (χ1v) is 12.7. The van der Waals surface area contributed by atoms with Gasteiger partial charge in [-0.15, -0.1) is 0 Å². The van der Waals surface area contributed by atoms with Gasteiger partial charge < -0.3 is 14.2 Å². The Kier molecular flexibility index (Phi) is 9.51. The molecule has 0 unspecified atom stereocenters. The van der Waals surface area contributed by atoms with Crippen LogP contribution in [0.15, 0.2) is 96.1 Å². The van der Waals surface area contributed by atoms with Crippen LogP contribution >= 0.6 is 23.2 Å². The van der Waals surface area contributed by atoms with Crippen molar-refractivity contribution in [3.8, 4) is 17.2 Å². The van der Waals surface area contributed by atoms with Crippen LogP contribution in [-0.4, -0.2) is 30.7 Å². The maximum Gasteiger partial charge on any atom is 0.343 e. The number of hydrogen-bond donors (Lipinski definition) is 1. The van der Waals surface area contributed by atoms with Gasteiger partial charge in [0.15, 0.2) is 0 Å². The molecule has 0 atom stereocenters. The summed E-state index contributed by atoms with van der Waals surface area (Å²) in [4.78, 5) is 37.8. The molecule has 8 nitrogen and oxygen atoms in total. The second-order valence-corrected chi connectivity index (χ2v) is 9.02. The van der Waals surface area contributed by atoms with Crippen molar-refractivity contribution in [1.29, 1.82) is 0 Å². The highest BCUT2D eigenvalue weighted by molar-refractivity contribution is 6.31. The molecular formula is C30H22Cl2N2O6. The third-order valence-corrected chi connectivity index (χ3v) is 5.86. The number of nitrogens with zero attached hydrogens (tertiary/aromatic N) is 1. The predicted molar refractivity (Wildman–Crippen MR) is 152 cm³/mol. The number of carbonyl (C=O) groups excluding carboxylic acids is 3. The van der Waals surface area contributed by atoms with E-state index in [9.17, 15) is 14.4 Å². The predicted octanol–water partition coefficient (Wildman–Crippen LogP) is 6.59. The Balaban J connectivity index is 1.53. The van der Waals surface area contributed by atoms with Crippen molar-refractivity contribution in [3.05, 3.63) is 123 Å². The van der Waals surface area contributed by atoms with Crippen LogP contribution in [0.1, 0.15) is 43.6 Å². The maximum atomic E-state index is 12.8. The molecule has 10 heteroatoms. The molecule has 40 heavy (non-hydrogen) atoms. The quantitative estimate of drug-likeness (QED) is 0.104. The number of halogens is 2. The van der Waals surface area contributed by atoms with Gasteiger partial charge in [-0.2, -0.15) is 5.10 Å². The lowest BCUT2D eigenvalue weighted by molar-refractivity contribution is 0.0732. The third-order valence-electron chi connectivity index (χ3n) is 5.36. The van der Waals surface area contributed by atoms with Crippen LogP contribution < -0.4 is 19.6 Å². The van der Waals surface area contributed by atoms with Crippen molar-refractivity contribution < 1.29 is 28.6 Å². The first kappa shape index (κ1) is 28.4. The minimum atomic E-state index is -0.675. The number of ether oxygens (including phenoxy) is 3. The molecule has 1 N–H and O–H groups in total. The van der Waals surface area contributed by atoms with E-state index in [0.717, 1.165) is 0 Å². The molecule has 0 radical (unpaired) electrons. The molecule has 0 aliphatic heterocycles. The molecule has 0 aromatic heterocycles. The van der Waals surface area contributed by atoms with E-state index in [2.05, 4.69) is 10.5 Å². The highest BCUT2D eigenvalue weighted by Crippen LogP contribution is 2.26. The van der Waals surface area contributed by atoms with Gasteiger partial charge in [0, 0.05) is 27.2 Å². The molecule has 4 rings (SSSR count). The van der Waals surface area contributed by atoms with E-state index < -0.39 is 17.8 Å². The van der Waals surface area contributed by atoms with Gasteiger partial charge in [0.05, 0.1) is 23.9 Å². The summed E-state index contributed by atoms with van der Waals surface area (Å²) in [6, 6.07) is 23.3. The van der Waals surface area contributed by atoms with Gasteiger partial charge in [-0.3, -0.25) is 4.79 Å². The first-order valence-electron chi connectivity index (χ1n) is 12.0. The summed E-state index contributed by atoms with van der Waals surface area (Å²) in [5, 5.41) is 4.93. The Morgan fingerprint density at radius 3 is 1.82 bits per heavy atom. The monoisotopic (exact) mass is 576 g/mol. The fourth-order valence-corrected chi connectivity index (χ4v) is 3.62. The zero-order valence-corrected chi connectivity index (χ0v) is 22.6. The average Bonchev–Trinajstić information content (AvgIpc) is 2.95. The molecule has 0 fully saturated rings. The van der Waals surface area contributed by atoms with Crippen molar-refractivity contribution in [2.45, 2.75) is 6.92 Å². The summed E-state index contributed by atoms with van der Waals surface area (Å²) in [7, 11) is 0. The average molecular weight is 577 g/mol. The first-order chi connectivity index (χ1) is 19.3. The number of esters is 2. The van der Waals surface area contributed by atoms with Crippen LogP contribution in [0, 0.1) is 0 Å². The summed E-state index contributed by atoms with van der Waals surface area (Å²) < 4.78 is 16.4. The summed E-state index contributed by atoms with van der Waals surface area (Å²) in [5.41, 5.74) is 3.67. The fourth-order valence-electron chi connectivity index (χ4n) is 3.36. The van der Waals surface area contributed by atoms with Gasteiger partial charge in [0.1, 0.15) is 17.2 Å². The highest BCUT2D eigenvalue weighted by atomic mass is 35.5. The van der Waals surface area contributed by atoms with Crippen LogP contribution in [0.2, 0.25) is 10.0 Å². The van der Waals surface area contributed by atoms with E-state index in [4.69, 9.17) is 37.4 Å². The van der Waals surface area contributed by atoms with Crippen molar-refractivity contribution in [2.24, 2.45) is 5.10 Å². The molecule has 4 aromatic rings. The topological polar surface area (TPSA) is 103 Å². The van der Waals surface area contributed by atoms with E-state index in [-0.39, 0.29) is 22.6 Å². The number of amides is 1. The molecule has 0 saturated carbocycles. The molecule has 0 aliphatic rings. The Morgan fingerprint density at radius 1 is 0.725 bits per heavy atom. The SMILES string of the molecule is CCOc1ccc(C(=O)N/N=C\c2ccc(OC(=O)c3ccc(Cl)cc3)cc2OC(=O)c2ccc(Cl)cc2)cc1. The molecule has 202 valence electrons. The number of benzene rings is 4. The van der Waals surface area contributed by atoms with Crippen LogP contribution in [-0.2, 0) is 0 Å². The van der Waals surface area contributed by atoms with Gasteiger partial charge in [-0.25, -0.2) is 15.0 Å². The molecule has 0 spiro atoms. The van der Waals surface area contributed by atoms with Gasteiger partial charge in [-0.05, 0) is 91.9 Å². The lowest BCUT2D eigenvalue weighted by Gasteiger charge is -2.11. The number of carbonyl (C=O) groups is 3. The van der Waals surface area contributed by atoms with Crippen molar-refractivity contribution in [3.63, 3.8) is 0 Å². The smallest absolute Gasteiger partial charge is 0.343 e. The van der Waals surface area contributed by atoms with Crippen molar-refractivity contribution in [2.75, 3.05) is 6.61 Å². The number of rotatable bonds is 9. The second-order valence-electron chi connectivity index (χ2n) is 8.15. The van der Waals surface area contributed by atoms with Crippen LogP contribution in [0.4, 0.5) is 0 Å². The minimum absolute atomic E-state index is 0.0421. The molecule has 0 saturated heterocycles. The Morgan fingerprint density at radius 2 is 1.25 bits per heavy atom. The Bertz CT molecular complexity index is 1540. The van der Waals surface area contributed by atoms with E-state index in [1.807, 2.05) is 6.92 Å². The molecule has 0 bridgehead atoms. The molecule has 4 aromatic carbocycles. The van der Waals surface area contributed by atoms with Crippen molar-refractivity contribution in [1.82, 2.24) is 5.43 Å². The van der Waals surface area contributed by atoms with E-state index in [1.165, 1.54) is 48.7 Å². The molecular weight excluding hydrogens is 555 g/mol. The highest BCUT2D eigenvalue weighted by Gasteiger charge is 2.15. The summed E-state index contributed by atoms with van der Waals surface area (Å²) >= 11 is 11.8. The van der Waals surface area contributed by atoms with Crippen molar-refractivity contribution >= 4 is 47.3 Å². The Labute approximate surface area is 240 Å². The number of hydrogen-bond acceptors (Lipinski definition) is 7. The van der Waals surface area contributed by atoms with Gasteiger partial charge in [0.25, 0.3) is 5.91 Å². The fraction of sp³-hybridized carbons (Fsp3) is 0.0667. The van der Waals surface area contributed by atoms with Crippen LogP contribution in [0.3, 0.4) is 0 Å². The van der Waals surface area contributed by atoms with E-state index in [0.29, 0.717) is 33.5 Å². The molecule has 0 heterocycles. The van der Waals surface area contributed by atoms with Gasteiger partial charge in [0.2, 0.25) is 0 Å². The molecule has 1 amide bonds. The largest absolute Gasteiger partial charge is 0.494 e. The van der Waals surface area contributed by atoms with E-state index >= 15 is 0 Å². The number of hydrazone groups is 1. The Hall–Kier alpha value is -4.66. The number of nitrogens with one attached hydrogen (secondary N) is 1. The van der Waals surface area contributed by atoms with Gasteiger partial charge >= 0.3 is 11.9 Å². The summed E-state index contributed by atoms with van der Waals surface area (Å²) in [6.45, 7) is 2.38. The standard InChI is InChI=1S/C30H22Cl2N2O6/c1-2-38-25-14-7-19(8-15-25)28(35)34-33-18-22-9-16-26(39-29(36)20-3-10-23(31)11-4-20)17-27(22)40-30(37)21-5-12-24(32)13-6-21/h3-18H,2H2,1H3,(H,34,35)/b33-18-. The lowest BCUT2D eigenvalue weighted by atomic mass is 10.2. The minimum Gasteiger partial charge on any atom is -0.494 e. The summed E-state index contributed by atoms with van der Waals surface area (Å²) in [5.74, 6) is -0.949. The van der Waals surface area contributed by atoms with Gasteiger partial charge in [-0.1, -0.05) is 23.2 Å². The summed E-state index contributed by atoms with van der Waals surface area (Å²) in [6.07, 6.45) is 1.31. The lowest BCUT2D eigenvalue weighted by Crippen LogP contribution is -2.17. The van der Waals surface area contributed by atoms with Crippen LogP contribution in [0.25, 0.3) is 0 Å². The molecule has 0 aliphatic carbocycles. The normalized spacial score (nSPS) is 10.7. The van der Waals surface area contributed by atoms with Crippen LogP contribution in [0.5, 0.6) is 17.2 Å². The van der Waals surface area contributed by atoms with E-state index in [1.54, 1.807) is 48.5 Å². The maximum absolute atomic E-state index is 12.8. The zero-order chi connectivity index (χ0) is 28.5.